The molecule has 1 saturated carbocycles. The molecule has 40 heavy (non-hydrogen) atoms. The van der Waals surface area contributed by atoms with Gasteiger partial charge in [-0.2, -0.15) is 13.2 Å². The Kier molecular flexibility index (Phi) is 11.2. The summed E-state index contributed by atoms with van der Waals surface area (Å²) in [6.07, 6.45) is 2.72. The fourth-order valence-corrected chi connectivity index (χ4v) is 7.02. The largest absolute Gasteiger partial charge is 0.493 e. The zero-order chi connectivity index (χ0) is 30.7. The Balaban J connectivity index is 2.38. The lowest BCUT2D eigenvalue weighted by molar-refractivity contribution is -0.137. The maximum absolute atomic E-state index is 13.2. The molecule has 9 heteroatoms. The molecule has 228 valence electrons. The van der Waals surface area contributed by atoms with Crippen molar-refractivity contribution in [3.05, 3.63) is 54.6 Å². The van der Waals surface area contributed by atoms with Gasteiger partial charge in [0.2, 0.25) is 0 Å². The first-order valence-corrected chi connectivity index (χ1v) is 20.1. The van der Waals surface area contributed by atoms with Gasteiger partial charge in [0.05, 0.1) is 24.4 Å². The van der Waals surface area contributed by atoms with E-state index in [-0.39, 0.29) is 46.3 Å². The van der Waals surface area contributed by atoms with Crippen LogP contribution in [0.2, 0.25) is 36.3 Å². The molecule has 0 saturated heterocycles. The molecule has 0 heterocycles. The SMILES string of the molecule is C=CC[C@@H]1[C@@H](/C=C/[C@H](COc2cccc(C(F)(F)F)c2)CC(C)(C)[Si](C)(C)O)[C@H](O[Si](C)(C)C(C)(C)C)C[C@H]1O. The normalized spacial score (nSPS) is 23.9. The standard InChI is InChI=1S/C31H51F3O4Si2/c1-11-13-25-26(28(19-27(25)35)38-40(9,10)29(2,3)4)17-16-22(20-30(5,6)39(7,8)36)21-37-24-15-12-14-23(18-24)31(32,33)34/h11-12,14-18,22,25-28,35-36H,1,13,19-21H2,2-10H3/b17-16+/t22-,25+,26+,27+,28+/m0/s1. The van der Waals surface area contributed by atoms with Gasteiger partial charge in [-0.3, -0.25) is 0 Å². The van der Waals surface area contributed by atoms with Gasteiger partial charge in [-0.1, -0.05) is 58.9 Å². The highest BCUT2D eigenvalue weighted by atomic mass is 28.4. The van der Waals surface area contributed by atoms with Gasteiger partial charge >= 0.3 is 6.18 Å². The van der Waals surface area contributed by atoms with Crippen molar-refractivity contribution < 1.29 is 32.2 Å². The summed E-state index contributed by atoms with van der Waals surface area (Å²) >= 11 is 0. The van der Waals surface area contributed by atoms with Crippen LogP contribution in [0.1, 0.15) is 59.4 Å². The van der Waals surface area contributed by atoms with Gasteiger partial charge in [-0.25, -0.2) is 0 Å². The third-order valence-electron chi connectivity index (χ3n) is 9.24. The Labute approximate surface area is 241 Å². The number of aliphatic hydroxyl groups is 1. The number of ether oxygens (including phenoxy) is 1. The highest BCUT2D eigenvalue weighted by Crippen LogP contribution is 2.45. The summed E-state index contributed by atoms with van der Waals surface area (Å²) in [7, 11) is -4.67. The Morgan fingerprint density at radius 1 is 1.10 bits per heavy atom. The van der Waals surface area contributed by atoms with Gasteiger partial charge < -0.3 is 19.1 Å². The van der Waals surface area contributed by atoms with Crippen molar-refractivity contribution in [3.8, 4) is 5.75 Å². The molecule has 2 N–H and O–H groups in total. The first-order chi connectivity index (χ1) is 18.1. The lowest BCUT2D eigenvalue weighted by Gasteiger charge is -2.40. The predicted molar refractivity (Wildman–Crippen MR) is 162 cm³/mol. The van der Waals surface area contributed by atoms with Crippen molar-refractivity contribution in [2.24, 2.45) is 17.8 Å². The van der Waals surface area contributed by atoms with Gasteiger partial charge in [0, 0.05) is 11.8 Å². The number of rotatable bonds is 12. The summed E-state index contributed by atoms with van der Waals surface area (Å²) < 4.78 is 52.5. The molecule has 0 spiro atoms. The molecule has 0 amide bonds. The lowest BCUT2D eigenvalue weighted by atomic mass is 9.88. The van der Waals surface area contributed by atoms with Crippen molar-refractivity contribution in [2.75, 3.05) is 6.61 Å². The van der Waals surface area contributed by atoms with Crippen molar-refractivity contribution >= 4 is 16.6 Å². The molecule has 1 fully saturated rings. The zero-order valence-corrected chi connectivity index (χ0v) is 27.8. The summed E-state index contributed by atoms with van der Waals surface area (Å²) in [6.45, 7) is 22.9. The summed E-state index contributed by atoms with van der Waals surface area (Å²) in [4.78, 5) is 11.0. The Bertz CT molecular complexity index is 1010. The third kappa shape index (κ3) is 9.05. The highest BCUT2D eigenvalue weighted by molar-refractivity contribution is 6.74. The summed E-state index contributed by atoms with van der Waals surface area (Å²) in [6, 6.07) is 4.93. The second kappa shape index (κ2) is 12.9. The molecule has 0 bridgehead atoms. The van der Waals surface area contributed by atoms with E-state index in [1.807, 2.05) is 33.0 Å². The first-order valence-electron chi connectivity index (χ1n) is 14.3. The van der Waals surface area contributed by atoms with E-state index in [0.29, 0.717) is 19.3 Å². The maximum atomic E-state index is 13.2. The topological polar surface area (TPSA) is 58.9 Å². The van der Waals surface area contributed by atoms with Crippen LogP contribution in [0.25, 0.3) is 0 Å². The minimum Gasteiger partial charge on any atom is -0.493 e. The van der Waals surface area contributed by atoms with E-state index in [9.17, 15) is 23.1 Å². The van der Waals surface area contributed by atoms with Crippen molar-refractivity contribution in [1.82, 2.24) is 0 Å². The average Bonchev–Trinajstić information content (AvgIpc) is 3.07. The van der Waals surface area contributed by atoms with Gasteiger partial charge in [-0.05, 0) is 79.6 Å². The van der Waals surface area contributed by atoms with Crippen molar-refractivity contribution in [2.45, 2.75) is 109 Å². The van der Waals surface area contributed by atoms with E-state index < -0.39 is 34.5 Å². The quantitative estimate of drug-likeness (QED) is 0.186. The van der Waals surface area contributed by atoms with E-state index in [1.165, 1.54) is 12.1 Å². The van der Waals surface area contributed by atoms with E-state index in [1.54, 1.807) is 0 Å². The first kappa shape index (κ1) is 34.8. The molecule has 1 aliphatic carbocycles. The van der Waals surface area contributed by atoms with E-state index in [4.69, 9.17) is 9.16 Å². The fourth-order valence-electron chi connectivity index (χ4n) is 4.90. The molecule has 1 aromatic rings. The van der Waals surface area contributed by atoms with E-state index in [2.05, 4.69) is 52.6 Å². The maximum Gasteiger partial charge on any atom is 0.416 e. The number of hydrogen-bond acceptors (Lipinski definition) is 4. The smallest absolute Gasteiger partial charge is 0.416 e. The monoisotopic (exact) mass is 600 g/mol. The molecule has 0 aromatic heterocycles. The number of alkyl halides is 3. The molecule has 0 unspecified atom stereocenters. The molecular weight excluding hydrogens is 550 g/mol. The Hall–Kier alpha value is -1.40. The van der Waals surface area contributed by atoms with Crippen LogP contribution in [0.15, 0.2) is 49.1 Å². The van der Waals surface area contributed by atoms with Crippen LogP contribution in [-0.4, -0.2) is 45.4 Å². The van der Waals surface area contributed by atoms with Crippen LogP contribution in [0.3, 0.4) is 0 Å². The van der Waals surface area contributed by atoms with Crippen molar-refractivity contribution in [3.63, 3.8) is 0 Å². The van der Waals surface area contributed by atoms with Crippen molar-refractivity contribution in [1.29, 1.82) is 0 Å². The molecular formula is C31H51F3O4Si2. The van der Waals surface area contributed by atoms with Gasteiger partial charge in [0.15, 0.2) is 16.6 Å². The van der Waals surface area contributed by atoms with Crippen LogP contribution in [0, 0.1) is 17.8 Å². The Morgan fingerprint density at radius 3 is 2.25 bits per heavy atom. The molecule has 5 atom stereocenters. The van der Waals surface area contributed by atoms with Crippen LogP contribution in [-0.2, 0) is 10.6 Å². The van der Waals surface area contributed by atoms with Gasteiger partial charge in [0.25, 0.3) is 0 Å². The minimum absolute atomic E-state index is 0.0193. The molecule has 4 nitrogen and oxygen atoms in total. The van der Waals surface area contributed by atoms with Crippen LogP contribution >= 0.6 is 0 Å². The number of benzene rings is 1. The fraction of sp³-hybridized carbons (Fsp3) is 0.677. The summed E-state index contributed by atoms with van der Waals surface area (Å²) in [5.41, 5.74) is -0.751. The summed E-state index contributed by atoms with van der Waals surface area (Å²) in [5, 5.41) is 10.6. The lowest BCUT2D eigenvalue weighted by Crippen LogP contribution is -2.45. The third-order valence-corrected chi connectivity index (χ3v) is 17.3. The minimum atomic E-state index is -4.45. The number of allylic oxidation sites excluding steroid dienone is 1. The zero-order valence-electron chi connectivity index (χ0n) is 25.8. The number of aliphatic hydroxyl groups excluding tert-OH is 1. The molecule has 2 rings (SSSR count). The summed E-state index contributed by atoms with van der Waals surface area (Å²) in [5.74, 6) is -0.0866. The van der Waals surface area contributed by atoms with Crippen LogP contribution < -0.4 is 4.74 Å². The predicted octanol–water partition coefficient (Wildman–Crippen LogP) is 8.59. The molecule has 1 aromatic carbocycles. The van der Waals surface area contributed by atoms with Crippen LogP contribution in [0.5, 0.6) is 5.75 Å². The second-order valence-electron chi connectivity index (χ2n) is 14.1. The Morgan fingerprint density at radius 2 is 1.73 bits per heavy atom. The molecule has 1 aliphatic rings. The number of halogens is 3. The average molecular weight is 601 g/mol. The van der Waals surface area contributed by atoms with E-state index >= 15 is 0 Å². The van der Waals surface area contributed by atoms with E-state index in [0.717, 1.165) is 12.1 Å². The molecule has 0 radical (unpaired) electrons. The highest BCUT2D eigenvalue weighted by Gasteiger charge is 2.47. The molecule has 0 aliphatic heterocycles. The van der Waals surface area contributed by atoms with Crippen LogP contribution in [0.4, 0.5) is 13.2 Å². The van der Waals surface area contributed by atoms with Gasteiger partial charge in [-0.15, -0.1) is 6.58 Å². The number of hydrogen-bond donors (Lipinski definition) is 2. The second-order valence-corrected chi connectivity index (χ2v) is 23.3. The van der Waals surface area contributed by atoms with Gasteiger partial charge in [0.1, 0.15) is 5.75 Å².